The lowest BCUT2D eigenvalue weighted by Gasteiger charge is -2.24. The molecule has 0 radical (unpaired) electrons. The first-order valence-corrected chi connectivity index (χ1v) is 7.28. The minimum absolute atomic E-state index is 0. The summed E-state index contributed by atoms with van der Waals surface area (Å²) in [6.45, 7) is 2.77. The molecule has 2 N–H and O–H groups in total. The SMILES string of the molecule is Cl.NC[C@H]1CCC[C@H]1C(=O)N1CC2CCCC2C1. The van der Waals surface area contributed by atoms with Crippen LogP contribution in [0.25, 0.3) is 0 Å². The summed E-state index contributed by atoms with van der Waals surface area (Å²) in [7, 11) is 0. The summed E-state index contributed by atoms with van der Waals surface area (Å²) >= 11 is 0. The van der Waals surface area contributed by atoms with Gasteiger partial charge in [0, 0.05) is 19.0 Å². The molecule has 2 unspecified atom stereocenters. The van der Waals surface area contributed by atoms with Gasteiger partial charge in [0.05, 0.1) is 0 Å². The van der Waals surface area contributed by atoms with E-state index >= 15 is 0 Å². The first-order chi connectivity index (χ1) is 8.29. The molecule has 0 aromatic carbocycles. The number of nitrogens with two attached hydrogens (primary N) is 1. The Morgan fingerprint density at radius 3 is 2.28 bits per heavy atom. The maximum absolute atomic E-state index is 12.5. The number of hydrogen-bond acceptors (Lipinski definition) is 2. The molecule has 18 heavy (non-hydrogen) atoms. The molecule has 4 atom stereocenters. The lowest BCUT2D eigenvalue weighted by molar-refractivity contribution is -0.135. The van der Waals surface area contributed by atoms with Crippen molar-refractivity contribution in [1.29, 1.82) is 0 Å². The zero-order valence-corrected chi connectivity index (χ0v) is 11.8. The first kappa shape index (κ1) is 14.1. The molecule has 1 amide bonds. The summed E-state index contributed by atoms with van der Waals surface area (Å²) in [5.74, 6) is 2.77. The van der Waals surface area contributed by atoms with Gasteiger partial charge in [-0.3, -0.25) is 4.79 Å². The van der Waals surface area contributed by atoms with Crippen molar-refractivity contribution in [2.24, 2.45) is 29.4 Å². The highest BCUT2D eigenvalue weighted by atomic mass is 35.5. The number of rotatable bonds is 2. The van der Waals surface area contributed by atoms with Gasteiger partial charge in [0.25, 0.3) is 0 Å². The molecule has 3 nitrogen and oxygen atoms in total. The molecule has 4 heteroatoms. The first-order valence-electron chi connectivity index (χ1n) is 7.28. The lowest BCUT2D eigenvalue weighted by atomic mass is 9.95. The van der Waals surface area contributed by atoms with Crippen molar-refractivity contribution in [2.45, 2.75) is 38.5 Å². The highest BCUT2D eigenvalue weighted by Gasteiger charge is 2.42. The number of likely N-dealkylation sites (tertiary alicyclic amines) is 1. The zero-order valence-electron chi connectivity index (χ0n) is 11.0. The van der Waals surface area contributed by atoms with Crippen LogP contribution in [0.1, 0.15) is 38.5 Å². The molecule has 1 heterocycles. The van der Waals surface area contributed by atoms with Crippen LogP contribution in [0, 0.1) is 23.7 Å². The van der Waals surface area contributed by atoms with Gasteiger partial charge in [0.1, 0.15) is 0 Å². The third-order valence-corrected chi connectivity index (χ3v) is 5.32. The molecule has 0 aromatic heterocycles. The van der Waals surface area contributed by atoms with Crippen LogP contribution in [-0.2, 0) is 4.79 Å². The summed E-state index contributed by atoms with van der Waals surface area (Å²) < 4.78 is 0. The second-order valence-electron chi connectivity index (χ2n) is 6.23. The molecule has 0 aromatic rings. The lowest BCUT2D eigenvalue weighted by Crippen LogP contribution is -2.38. The van der Waals surface area contributed by atoms with Gasteiger partial charge < -0.3 is 10.6 Å². The molecular formula is C14H25ClN2O. The molecule has 104 valence electrons. The van der Waals surface area contributed by atoms with Gasteiger partial charge in [-0.1, -0.05) is 12.8 Å². The Labute approximate surface area is 116 Å². The Kier molecular flexibility index (Phi) is 4.54. The van der Waals surface area contributed by atoms with E-state index in [9.17, 15) is 4.79 Å². The van der Waals surface area contributed by atoms with Crippen LogP contribution >= 0.6 is 12.4 Å². The van der Waals surface area contributed by atoms with Crippen LogP contribution in [0.2, 0.25) is 0 Å². The summed E-state index contributed by atoms with van der Waals surface area (Å²) in [4.78, 5) is 14.7. The summed E-state index contributed by atoms with van der Waals surface area (Å²) in [6, 6.07) is 0. The van der Waals surface area contributed by atoms with Crippen LogP contribution in [-0.4, -0.2) is 30.4 Å². The average molecular weight is 273 g/mol. The fourth-order valence-electron chi connectivity index (χ4n) is 4.29. The number of fused-ring (bicyclic) bond motifs is 1. The molecule has 2 saturated carbocycles. The van der Waals surface area contributed by atoms with Crippen molar-refractivity contribution < 1.29 is 4.79 Å². The van der Waals surface area contributed by atoms with Gasteiger partial charge >= 0.3 is 0 Å². The van der Waals surface area contributed by atoms with E-state index in [1.165, 1.54) is 25.7 Å². The number of amides is 1. The maximum Gasteiger partial charge on any atom is 0.226 e. The zero-order chi connectivity index (χ0) is 11.8. The van der Waals surface area contributed by atoms with Crippen molar-refractivity contribution in [3.05, 3.63) is 0 Å². The number of nitrogens with zero attached hydrogens (tertiary/aromatic N) is 1. The van der Waals surface area contributed by atoms with Crippen molar-refractivity contribution in [1.82, 2.24) is 4.90 Å². The number of halogens is 1. The van der Waals surface area contributed by atoms with E-state index in [0.29, 0.717) is 18.4 Å². The van der Waals surface area contributed by atoms with E-state index in [1.54, 1.807) is 0 Å². The molecule has 1 aliphatic heterocycles. The average Bonchev–Trinajstić information content (AvgIpc) is 3.02. The molecular weight excluding hydrogens is 248 g/mol. The van der Waals surface area contributed by atoms with Gasteiger partial charge in [0.15, 0.2) is 0 Å². The fourth-order valence-corrected chi connectivity index (χ4v) is 4.29. The maximum atomic E-state index is 12.5. The topological polar surface area (TPSA) is 46.3 Å². The highest BCUT2D eigenvalue weighted by Crippen LogP contribution is 2.40. The van der Waals surface area contributed by atoms with E-state index in [0.717, 1.165) is 37.8 Å². The second kappa shape index (κ2) is 5.79. The summed E-state index contributed by atoms with van der Waals surface area (Å²) in [5.41, 5.74) is 5.78. The predicted octanol–water partition coefficient (Wildman–Crippen LogP) is 2.04. The normalized spacial score (nSPS) is 38.6. The standard InChI is InChI=1S/C14H24N2O.ClH/c15-7-10-3-2-6-13(10)14(17)16-8-11-4-1-5-12(11)9-16;/h10-13H,1-9,15H2;1H/t10-,11?,12?,13-;/m1./s1. The Morgan fingerprint density at radius 1 is 1.06 bits per heavy atom. The molecule has 0 spiro atoms. The fraction of sp³-hybridized carbons (Fsp3) is 0.929. The second-order valence-corrected chi connectivity index (χ2v) is 6.23. The largest absolute Gasteiger partial charge is 0.342 e. The van der Waals surface area contributed by atoms with E-state index in [-0.39, 0.29) is 18.3 Å². The molecule has 2 aliphatic carbocycles. The predicted molar refractivity (Wildman–Crippen MR) is 74.5 cm³/mol. The van der Waals surface area contributed by atoms with E-state index < -0.39 is 0 Å². The summed E-state index contributed by atoms with van der Waals surface area (Å²) in [6.07, 6.45) is 7.50. The highest BCUT2D eigenvalue weighted by molar-refractivity contribution is 5.85. The van der Waals surface area contributed by atoms with Crippen LogP contribution in [0.15, 0.2) is 0 Å². The van der Waals surface area contributed by atoms with Gasteiger partial charge in [-0.2, -0.15) is 0 Å². The van der Waals surface area contributed by atoms with Crippen LogP contribution in [0.4, 0.5) is 0 Å². The van der Waals surface area contributed by atoms with Crippen LogP contribution in [0.5, 0.6) is 0 Å². The Hall–Kier alpha value is -0.280. The van der Waals surface area contributed by atoms with Crippen molar-refractivity contribution in [3.8, 4) is 0 Å². The van der Waals surface area contributed by atoms with Crippen molar-refractivity contribution in [2.75, 3.05) is 19.6 Å². The third-order valence-electron chi connectivity index (χ3n) is 5.32. The van der Waals surface area contributed by atoms with E-state index in [2.05, 4.69) is 4.90 Å². The molecule has 3 aliphatic rings. The Bertz CT molecular complexity index is 298. The van der Waals surface area contributed by atoms with Crippen LogP contribution < -0.4 is 5.73 Å². The Balaban J connectivity index is 0.00000120. The van der Waals surface area contributed by atoms with Crippen molar-refractivity contribution in [3.63, 3.8) is 0 Å². The van der Waals surface area contributed by atoms with E-state index in [4.69, 9.17) is 5.73 Å². The molecule has 1 saturated heterocycles. The van der Waals surface area contributed by atoms with Gasteiger partial charge in [0.2, 0.25) is 5.91 Å². The number of carbonyl (C=O) groups is 1. The third kappa shape index (κ3) is 2.39. The number of hydrogen-bond donors (Lipinski definition) is 1. The van der Waals surface area contributed by atoms with Gasteiger partial charge in [-0.25, -0.2) is 0 Å². The quantitative estimate of drug-likeness (QED) is 0.836. The molecule has 0 bridgehead atoms. The summed E-state index contributed by atoms with van der Waals surface area (Å²) in [5, 5.41) is 0. The number of carbonyl (C=O) groups excluding carboxylic acids is 1. The molecule has 3 rings (SSSR count). The van der Waals surface area contributed by atoms with Gasteiger partial charge in [-0.15, -0.1) is 12.4 Å². The smallest absolute Gasteiger partial charge is 0.226 e. The monoisotopic (exact) mass is 272 g/mol. The van der Waals surface area contributed by atoms with E-state index in [1.807, 2.05) is 0 Å². The van der Waals surface area contributed by atoms with Crippen LogP contribution in [0.3, 0.4) is 0 Å². The van der Waals surface area contributed by atoms with Gasteiger partial charge in [-0.05, 0) is 50.0 Å². The van der Waals surface area contributed by atoms with Crippen molar-refractivity contribution >= 4 is 18.3 Å². The minimum Gasteiger partial charge on any atom is -0.342 e. The Morgan fingerprint density at radius 2 is 1.67 bits per heavy atom. The minimum atomic E-state index is 0. The molecule has 3 fully saturated rings.